The first-order valence-electron chi connectivity index (χ1n) is 7.79. The van der Waals surface area contributed by atoms with Gasteiger partial charge in [-0.05, 0) is 35.4 Å². The minimum Gasteiger partial charge on any atom is -0.490 e. The summed E-state index contributed by atoms with van der Waals surface area (Å²) in [4.78, 5) is 4.13. The second-order valence-corrected chi connectivity index (χ2v) is 5.75. The molecule has 0 saturated heterocycles. The highest BCUT2D eigenvalue weighted by Crippen LogP contribution is 2.32. The normalized spacial score (nSPS) is 11.0. The van der Waals surface area contributed by atoms with Crippen LogP contribution in [0.15, 0.2) is 40.0 Å². The van der Waals surface area contributed by atoms with E-state index in [1.54, 1.807) is 43.5 Å². The van der Waals surface area contributed by atoms with Gasteiger partial charge in [0.25, 0.3) is 0 Å². The van der Waals surface area contributed by atoms with Crippen LogP contribution in [0.25, 0.3) is 0 Å². The van der Waals surface area contributed by atoms with E-state index in [0.717, 1.165) is 5.56 Å². The summed E-state index contributed by atoms with van der Waals surface area (Å²) in [6.07, 6.45) is 0. The number of para-hydroxylation sites is 1. The van der Waals surface area contributed by atoms with Crippen LogP contribution in [0.5, 0.6) is 11.5 Å². The van der Waals surface area contributed by atoms with Crippen LogP contribution in [0, 0.1) is 0 Å². The maximum atomic E-state index is 12.7. The van der Waals surface area contributed by atoms with Crippen molar-refractivity contribution in [1.29, 1.82) is 0 Å². The molecule has 2 aromatic rings. The third kappa shape index (κ3) is 6.94. The summed E-state index contributed by atoms with van der Waals surface area (Å²) in [5.74, 6) is 0.902. The Morgan fingerprint density at radius 1 is 1.23 bits per heavy atom. The summed E-state index contributed by atoms with van der Waals surface area (Å²) >= 11 is 1.62. The molecule has 5 nitrogen and oxygen atoms in total. The van der Waals surface area contributed by atoms with Crippen molar-refractivity contribution in [1.82, 2.24) is 10.6 Å². The number of nitrogens with zero attached hydrogens (tertiary/aromatic N) is 1. The zero-order valence-corrected chi connectivity index (χ0v) is 17.6. The van der Waals surface area contributed by atoms with Crippen molar-refractivity contribution < 1.29 is 18.3 Å². The van der Waals surface area contributed by atoms with Gasteiger partial charge in [0, 0.05) is 25.7 Å². The fraction of sp³-hybridized carbons (Fsp3) is 0.353. The van der Waals surface area contributed by atoms with E-state index in [1.165, 1.54) is 0 Å². The number of nitrogens with one attached hydrogen (secondary N) is 2. The van der Waals surface area contributed by atoms with Gasteiger partial charge in [-0.1, -0.05) is 12.1 Å². The lowest BCUT2D eigenvalue weighted by atomic mass is 10.2. The van der Waals surface area contributed by atoms with E-state index < -0.39 is 6.61 Å². The number of aliphatic imine (C=N–C) groups is 1. The molecule has 0 aliphatic carbocycles. The second kappa shape index (κ2) is 11.9. The van der Waals surface area contributed by atoms with Crippen LogP contribution in [0.4, 0.5) is 8.78 Å². The fourth-order valence-corrected chi connectivity index (χ4v) is 2.84. The fourth-order valence-electron chi connectivity index (χ4n) is 2.17. The number of rotatable bonds is 8. The molecule has 1 aromatic carbocycles. The Balaban J connectivity index is 0.00000338. The monoisotopic (exact) mass is 497 g/mol. The Morgan fingerprint density at radius 2 is 2.00 bits per heavy atom. The topological polar surface area (TPSA) is 54.9 Å². The molecule has 0 aliphatic rings. The van der Waals surface area contributed by atoms with E-state index in [-0.39, 0.29) is 36.3 Å². The van der Waals surface area contributed by atoms with E-state index in [0.29, 0.717) is 30.4 Å². The Kier molecular flexibility index (Phi) is 10.3. The van der Waals surface area contributed by atoms with Crippen LogP contribution in [0.2, 0.25) is 0 Å². The molecule has 0 atom stereocenters. The zero-order chi connectivity index (χ0) is 18.1. The number of ether oxygens (including phenoxy) is 2. The quantitative estimate of drug-likeness (QED) is 0.326. The number of halogens is 3. The third-order valence-corrected chi connectivity index (χ3v) is 4.01. The summed E-state index contributed by atoms with van der Waals surface area (Å²) in [5, 5.41) is 10.3. The standard InChI is InChI=1S/C17H21F2N3O2S.HI/c1-3-23-14-6-4-5-13(15(14)24-16(18)19)10-22-17(20-2)21-9-12-7-8-25-11-12;/h4-8,11,16H,3,9-10H2,1-2H3,(H2,20,21,22);1H. The number of benzene rings is 1. The molecule has 144 valence electrons. The van der Waals surface area contributed by atoms with E-state index in [9.17, 15) is 8.78 Å². The maximum absolute atomic E-state index is 12.7. The molecule has 0 fully saturated rings. The van der Waals surface area contributed by atoms with Gasteiger partial charge in [0.1, 0.15) is 0 Å². The Labute approximate surface area is 172 Å². The molecule has 0 spiro atoms. The van der Waals surface area contributed by atoms with E-state index in [1.807, 2.05) is 16.8 Å². The molecule has 0 radical (unpaired) electrons. The molecule has 0 bridgehead atoms. The van der Waals surface area contributed by atoms with Crippen molar-refractivity contribution in [2.75, 3.05) is 13.7 Å². The van der Waals surface area contributed by atoms with Crippen molar-refractivity contribution in [2.45, 2.75) is 26.6 Å². The first-order valence-corrected chi connectivity index (χ1v) is 8.73. The molecule has 1 aromatic heterocycles. The first kappa shape index (κ1) is 22.4. The molecule has 0 amide bonds. The van der Waals surface area contributed by atoms with E-state index in [4.69, 9.17) is 4.74 Å². The van der Waals surface area contributed by atoms with Gasteiger partial charge >= 0.3 is 6.61 Å². The lowest BCUT2D eigenvalue weighted by molar-refractivity contribution is -0.0520. The number of hydrogen-bond acceptors (Lipinski definition) is 4. The Hall–Kier alpha value is -1.62. The van der Waals surface area contributed by atoms with Gasteiger partial charge in [-0.2, -0.15) is 20.1 Å². The van der Waals surface area contributed by atoms with Gasteiger partial charge in [0.15, 0.2) is 17.5 Å². The van der Waals surface area contributed by atoms with Crippen LogP contribution in [-0.2, 0) is 13.1 Å². The van der Waals surface area contributed by atoms with Crippen LogP contribution in [0.1, 0.15) is 18.1 Å². The summed E-state index contributed by atoms with van der Waals surface area (Å²) in [6, 6.07) is 7.07. The molecule has 2 rings (SSSR count). The number of guanidine groups is 1. The average molecular weight is 497 g/mol. The number of alkyl halides is 2. The van der Waals surface area contributed by atoms with Crippen LogP contribution >= 0.6 is 35.3 Å². The van der Waals surface area contributed by atoms with Gasteiger partial charge in [-0.25, -0.2) is 0 Å². The van der Waals surface area contributed by atoms with Crippen molar-refractivity contribution in [3.05, 3.63) is 46.2 Å². The minimum atomic E-state index is -2.92. The lowest BCUT2D eigenvalue weighted by Gasteiger charge is -2.17. The molecule has 26 heavy (non-hydrogen) atoms. The highest BCUT2D eigenvalue weighted by Gasteiger charge is 2.16. The first-order chi connectivity index (χ1) is 12.1. The van der Waals surface area contributed by atoms with Gasteiger partial charge in [-0.3, -0.25) is 4.99 Å². The predicted octanol–water partition coefficient (Wildman–Crippen LogP) is 4.23. The molecular formula is C17H22F2IN3O2S. The SMILES string of the molecule is CCOc1cccc(CNC(=NC)NCc2ccsc2)c1OC(F)F.I. The minimum absolute atomic E-state index is 0. The summed E-state index contributed by atoms with van der Waals surface area (Å²) in [6.45, 7) is 0.124. The lowest BCUT2D eigenvalue weighted by Crippen LogP contribution is -2.36. The van der Waals surface area contributed by atoms with Gasteiger partial charge in [0.05, 0.1) is 6.61 Å². The van der Waals surface area contributed by atoms with Crippen molar-refractivity contribution >= 4 is 41.3 Å². The summed E-state index contributed by atoms with van der Waals surface area (Å²) in [7, 11) is 1.65. The Bertz CT molecular complexity index is 685. The third-order valence-electron chi connectivity index (χ3n) is 3.28. The zero-order valence-electron chi connectivity index (χ0n) is 14.5. The van der Waals surface area contributed by atoms with Crippen molar-refractivity contribution in [3.63, 3.8) is 0 Å². The smallest absolute Gasteiger partial charge is 0.387 e. The average Bonchev–Trinajstić information content (AvgIpc) is 3.10. The number of hydrogen-bond donors (Lipinski definition) is 2. The second-order valence-electron chi connectivity index (χ2n) is 4.97. The molecule has 0 unspecified atom stereocenters. The highest BCUT2D eigenvalue weighted by atomic mass is 127. The van der Waals surface area contributed by atoms with E-state index >= 15 is 0 Å². The van der Waals surface area contributed by atoms with Crippen molar-refractivity contribution in [2.24, 2.45) is 4.99 Å². The highest BCUT2D eigenvalue weighted by molar-refractivity contribution is 14.0. The molecule has 0 saturated carbocycles. The molecule has 9 heteroatoms. The van der Waals surface area contributed by atoms with Gasteiger partial charge in [0.2, 0.25) is 0 Å². The summed E-state index contributed by atoms with van der Waals surface area (Å²) < 4.78 is 35.5. The largest absolute Gasteiger partial charge is 0.490 e. The van der Waals surface area contributed by atoms with Gasteiger partial charge < -0.3 is 20.1 Å². The maximum Gasteiger partial charge on any atom is 0.387 e. The van der Waals surface area contributed by atoms with Crippen LogP contribution in [-0.4, -0.2) is 26.2 Å². The van der Waals surface area contributed by atoms with Gasteiger partial charge in [-0.15, -0.1) is 24.0 Å². The molecule has 2 N–H and O–H groups in total. The van der Waals surface area contributed by atoms with Crippen LogP contribution in [0.3, 0.4) is 0 Å². The predicted molar refractivity (Wildman–Crippen MR) is 111 cm³/mol. The molecule has 0 aliphatic heterocycles. The van der Waals surface area contributed by atoms with Crippen molar-refractivity contribution in [3.8, 4) is 11.5 Å². The molecular weight excluding hydrogens is 475 g/mol. The Morgan fingerprint density at radius 3 is 2.62 bits per heavy atom. The number of thiophene rings is 1. The molecule has 1 heterocycles. The van der Waals surface area contributed by atoms with Crippen LogP contribution < -0.4 is 20.1 Å². The summed E-state index contributed by atoms with van der Waals surface area (Å²) in [5.41, 5.74) is 1.71. The van der Waals surface area contributed by atoms with E-state index in [2.05, 4.69) is 20.4 Å².